The van der Waals surface area contributed by atoms with Crippen LogP contribution in [0.1, 0.15) is 86.5 Å². The summed E-state index contributed by atoms with van der Waals surface area (Å²) in [6, 6.07) is 50.4. The number of carbonyl (C=O) groups excluding carboxylic acids is 7. The third-order valence-electron chi connectivity index (χ3n) is 22.9. The number of esters is 7. The Morgan fingerprint density at radius 1 is 0.439 bits per heavy atom. The number of halogens is 1. The number of fused-ring (bicyclic) bond motifs is 4. The van der Waals surface area contributed by atoms with Crippen LogP contribution in [0.2, 0.25) is 0 Å². The molecule has 114 heavy (non-hydrogen) atoms. The van der Waals surface area contributed by atoms with Crippen molar-refractivity contribution in [2.24, 2.45) is 47.3 Å². The Morgan fingerprint density at radius 2 is 0.798 bits per heavy atom. The van der Waals surface area contributed by atoms with Crippen molar-refractivity contribution in [2.75, 3.05) is 24.7 Å². The zero-order chi connectivity index (χ0) is 78.6. The van der Waals surface area contributed by atoms with Gasteiger partial charge in [0.25, 0.3) is 0 Å². The molecule has 0 spiro atoms. The summed E-state index contributed by atoms with van der Waals surface area (Å²) in [5.41, 5.74) is 3.83. The van der Waals surface area contributed by atoms with Crippen molar-refractivity contribution in [3.05, 3.63) is 168 Å². The maximum Gasteiger partial charge on any atom is 1.00 e. The SMILES string of the molecule is Cc1cc([S+](c2ccccc2)c2ccccc2)cc(C)c1OCC(=O)OC1C2CC3C(=O)OC1C3O2.Cc1cc([S+](c2ccccc2)c2ccccc2)cc(C)c1OCC(=O)OC1C2CC3C(=O)OC1C3O2.O=C(CS(=O)(=O)[O-])OC1C2CC3CC(C2)C(=O)OC1C3.O=C1OC2CC3CC1CC(C3)C2OC(O)CS(=O)(=O)[O-].[Br-].[Na+]. The van der Waals surface area contributed by atoms with Crippen LogP contribution in [0.5, 0.6) is 11.5 Å². The van der Waals surface area contributed by atoms with Crippen molar-refractivity contribution in [3.8, 4) is 11.5 Å². The summed E-state index contributed by atoms with van der Waals surface area (Å²) in [4.78, 5) is 91.5. The molecule has 21 atom stereocenters. The largest absolute Gasteiger partial charge is 1.00 e. The van der Waals surface area contributed by atoms with E-state index in [1.807, 2.05) is 52.0 Å². The van der Waals surface area contributed by atoms with Gasteiger partial charge in [-0.15, -0.1) is 0 Å². The molecular weight excluding hydrogens is 1630 g/mol. The fraction of sp³-hybridized carbons (Fsp3) is 0.476. The van der Waals surface area contributed by atoms with Crippen molar-refractivity contribution in [2.45, 2.75) is 201 Å². The first-order chi connectivity index (χ1) is 53.6. The Kier molecular flexibility index (Phi) is 26.6. The molecule has 20 rings (SSSR count). The maximum absolute atomic E-state index is 12.6. The second-order valence-corrected chi connectivity index (χ2v) is 37.7. The van der Waals surface area contributed by atoms with Crippen LogP contribution in [0.15, 0.2) is 175 Å². The van der Waals surface area contributed by atoms with Crippen molar-refractivity contribution < 1.29 is 168 Å². The molecule has 0 amide bonds. The van der Waals surface area contributed by atoms with Crippen LogP contribution in [-0.2, 0) is 123 Å². The maximum atomic E-state index is 12.6. The van der Waals surface area contributed by atoms with Crippen LogP contribution in [0, 0.1) is 75.0 Å². The van der Waals surface area contributed by atoms with Crippen molar-refractivity contribution in [1.29, 1.82) is 0 Å². The van der Waals surface area contributed by atoms with E-state index < -0.39 is 105 Å². The Hall–Kier alpha value is -6.95. The molecule has 21 unspecified atom stereocenters. The number of carbonyl (C=O) groups is 7. The van der Waals surface area contributed by atoms with Crippen LogP contribution < -0.4 is 56.0 Å². The molecule has 4 saturated carbocycles. The molecule has 10 aliphatic heterocycles. The number of aliphatic hydroxyl groups excluding tert-OH is 1. The van der Waals surface area contributed by atoms with Gasteiger partial charge >= 0.3 is 71.3 Å². The molecule has 32 heteroatoms. The van der Waals surface area contributed by atoms with E-state index in [4.69, 9.17) is 56.8 Å². The van der Waals surface area contributed by atoms with Gasteiger partial charge < -0.3 is 88.0 Å². The monoisotopic (exact) mass is 1720 g/mol. The molecule has 6 aromatic carbocycles. The summed E-state index contributed by atoms with van der Waals surface area (Å²) in [5, 5.41) is 9.59. The van der Waals surface area contributed by atoms with Crippen molar-refractivity contribution in [1.82, 2.24) is 0 Å². The molecule has 12 bridgehead atoms. The first kappa shape index (κ1) is 84.9. The fourth-order valence-corrected chi connectivity index (χ4v) is 23.9. The van der Waals surface area contributed by atoms with E-state index in [0.717, 1.165) is 47.9 Å². The molecule has 14 fully saturated rings. The Labute approximate surface area is 698 Å². The van der Waals surface area contributed by atoms with Crippen molar-refractivity contribution >= 4 is 83.8 Å². The van der Waals surface area contributed by atoms with Gasteiger partial charge in [0.2, 0.25) is 0 Å². The summed E-state index contributed by atoms with van der Waals surface area (Å²) in [6.07, 6.45) is 0.0726. The van der Waals surface area contributed by atoms with Gasteiger partial charge in [0, 0.05) is 30.2 Å². The van der Waals surface area contributed by atoms with Crippen LogP contribution in [0.25, 0.3) is 0 Å². The normalized spacial score (nSPS) is 30.4. The first-order valence-electron chi connectivity index (χ1n) is 37.7. The molecule has 10 saturated heterocycles. The van der Waals surface area contributed by atoms with Crippen molar-refractivity contribution in [3.63, 3.8) is 0 Å². The van der Waals surface area contributed by atoms with Gasteiger partial charge in [0.15, 0.2) is 73.3 Å². The second-order valence-electron chi connectivity index (χ2n) is 30.8. The number of aliphatic hydroxyl groups is 1. The Balaban J connectivity index is 0.000000137. The minimum absolute atomic E-state index is 0. The van der Waals surface area contributed by atoms with Gasteiger partial charge in [-0.3, -0.25) is 24.0 Å². The first-order valence-corrected chi connectivity index (χ1v) is 43.3. The standard InChI is InChI=1S/2C29H27O6S.C12H18O7S.C12H16O7S.BrH.Na/c2*1-17-13-21(36(19-9-5-3-6-10-19)20-11-7-4-8-12-20)14-18(2)25(17)32-16-24(30)34-27-23-15-22-26(33-23)28(27)35-29(22)31;2*13-10(5-20(15,16)17)19-11-7-1-6-2-8(4-7)12(14)18-9(11)3-6;;/h2*3-14,22-23,26-28H,15-16H2,1-2H3;6-11,13H,1-5H2,(H,15,16,17);6-9,11H,1-5H2,(H,15,16,17);1H;/q2*+1;;;;+1/p-3. The van der Waals surface area contributed by atoms with E-state index in [0.29, 0.717) is 61.9 Å². The van der Waals surface area contributed by atoms with E-state index in [9.17, 15) is 64.6 Å². The predicted molar refractivity (Wildman–Crippen MR) is 393 cm³/mol. The second kappa shape index (κ2) is 35.7. The van der Waals surface area contributed by atoms with E-state index in [1.165, 1.54) is 29.4 Å². The van der Waals surface area contributed by atoms with Gasteiger partial charge in [-0.25, -0.2) is 26.4 Å². The minimum atomic E-state index is -4.65. The number of rotatable bonds is 21. The summed E-state index contributed by atoms with van der Waals surface area (Å²) in [5.74, 6) is -3.60. The zero-order valence-corrected chi connectivity index (χ0v) is 69.9. The third-order valence-corrected chi connectivity index (χ3v) is 28.6. The quantitative estimate of drug-likeness (QED) is 0.0269. The molecule has 4 aliphatic carbocycles. The summed E-state index contributed by atoms with van der Waals surface area (Å²) >= 11 is 0. The third kappa shape index (κ3) is 18.9. The predicted octanol–water partition coefficient (Wildman–Crippen LogP) is 2.21. The number of hydrogen-bond donors (Lipinski definition) is 1. The minimum Gasteiger partial charge on any atom is -1.00 e. The molecule has 26 nitrogen and oxygen atoms in total. The fourth-order valence-electron chi connectivity index (χ4n) is 18.6. The molecule has 6 aromatic rings. The summed E-state index contributed by atoms with van der Waals surface area (Å²) in [6.45, 7) is 7.55. The van der Waals surface area contributed by atoms with Crippen LogP contribution in [0.3, 0.4) is 0 Å². The Bertz CT molecular complexity index is 4450. The van der Waals surface area contributed by atoms with Crippen LogP contribution in [-0.4, -0.2) is 177 Å². The number of benzene rings is 6. The molecule has 0 aromatic heterocycles. The molecule has 0 radical (unpaired) electrons. The average Bonchev–Trinajstić information content (AvgIpc) is 1.58. The van der Waals surface area contributed by atoms with E-state index in [1.54, 1.807) is 0 Å². The van der Waals surface area contributed by atoms with Gasteiger partial charge in [-0.05, 0) is 180 Å². The van der Waals surface area contributed by atoms with Gasteiger partial charge in [-0.1, -0.05) is 72.8 Å². The summed E-state index contributed by atoms with van der Waals surface area (Å²) in [7, 11) is -9.74. The van der Waals surface area contributed by atoms with Gasteiger partial charge in [-0.2, -0.15) is 0 Å². The van der Waals surface area contributed by atoms with E-state index in [2.05, 4.69) is 121 Å². The van der Waals surface area contributed by atoms with Gasteiger partial charge in [0.1, 0.15) is 64.0 Å². The smallest absolute Gasteiger partial charge is 1.00 e. The topological polar surface area (TPSA) is 365 Å². The Morgan fingerprint density at radius 3 is 1.17 bits per heavy atom. The molecular formula is C82H86BrNaO26S4. The zero-order valence-electron chi connectivity index (χ0n) is 63.0. The molecule has 1 N–H and O–H groups in total. The average molecular weight is 1720 g/mol. The molecule has 10 heterocycles. The van der Waals surface area contributed by atoms with E-state index in [-0.39, 0.29) is 165 Å². The van der Waals surface area contributed by atoms with E-state index >= 15 is 0 Å². The van der Waals surface area contributed by atoms with Gasteiger partial charge in [0.05, 0.1) is 73.5 Å². The van der Waals surface area contributed by atoms with Crippen LogP contribution >= 0.6 is 0 Å². The number of hydrogen-bond acceptors (Lipinski definition) is 26. The molecule has 602 valence electrons. The molecule has 14 aliphatic rings. The summed E-state index contributed by atoms with van der Waals surface area (Å²) < 4.78 is 130. The van der Waals surface area contributed by atoms with Crippen LogP contribution in [0.4, 0.5) is 0 Å². The number of ether oxygens (including phenoxy) is 12. The number of aryl methyl sites for hydroxylation is 4.